The van der Waals surface area contributed by atoms with Crippen molar-refractivity contribution >= 4 is 33.4 Å². The molecule has 1 fully saturated rings. The van der Waals surface area contributed by atoms with Crippen LogP contribution in [0.5, 0.6) is 0 Å². The highest BCUT2D eigenvalue weighted by atomic mass is 79.9. The fourth-order valence-electron chi connectivity index (χ4n) is 2.14. The van der Waals surface area contributed by atoms with Gasteiger partial charge in [-0.3, -0.25) is 9.59 Å². The third kappa shape index (κ3) is 4.30. The van der Waals surface area contributed by atoms with Gasteiger partial charge in [0.15, 0.2) is 0 Å². The Bertz CT molecular complexity index is 578. The van der Waals surface area contributed by atoms with Crippen LogP contribution in [0.4, 0.5) is 5.69 Å². The van der Waals surface area contributed by atoms with Crippen molar-refractivity contribution in [3.8, 4) is 0 Å². The van der Waals surface area contributed by atoms with E-state index < -0.39 is 0 Å². The molecule has 0 spiro atoms. The zero-order valence-corrected chi connectivity index (χ0v) is 14.4. The highest BCUT2D eigenvalue weighted by molar-refractivity contribution is 9.10. The van der Waals surface area contributed by atoms with Gasteiger partial charge in [-0.25, -0.2) is 0 Å². The van der Waals surface area contributed by atoms with E-state index in [4.69, 9.17) is 0 Å². The molecule has 1 aromatic carbocycles. The topological polar surface area (TPSA) is 58.2 Å². The normalized spacial score (nSPS) is 20.8. The van der Waals surface area contributed by atoms with Crippen LogP contribution in [-0.2, 0) is 9.59 Å². The van der Waals surface area contributed by atoms with Gasteiger partial charge in [-0.05, 0) is 51.8 Å². The summed E-state index contributed by atoms with van der Waals surface area (Å²) in [5.74, 6) is -0.530. The summed E-state index contributed by atoms with van der Waals surface area (Å²) in [6.07, 6.45) is 0.626. The number of carbonyl (C=O) groups excluding carboxylic acids is 2. The van der Waals surface area contributed by atoms with Crippen LogP contribution in [-0.4, -0.2) is 17.4 Å². The number of anilines is 1. The molecule has 0 radical (unpaired) electrons. The number of hydrogen-bond donors (Lipinski definition) is 2. The summed E-state index contributed by atoms with van der Waals surface area (Å²) >= 11 is 3.44. The lowest BCUT2D eigenvalue weighted by molar-refractivity contribution is -0.126. The van der Waals surface area contributed by atoms with Crippen molar-refractivity contribution in [2.75, 3.05) is 5.32 Å². The first-order valence-electron chi connectivity index (χ1n) is 7.06. The summed E-state index contributed by atoms with van der Waals surface area (Å²) in [4.78, 5) is 24.1. The van der Waals surface area contributed by atoms with Gasteiger partial charge in [0.1, 0.15) is 0 Å². The molecular weight excluding hydrogens is 332 g/mol. The SMILES string of the molecule is Cc1ccc(NC(=O)C2CC2C(=O)NC(C)(C)C)cc1Br. The third-order valence-electron chi connectivity index (χ3n) is 3.40. The summed E-state index contributed by atoms with van der Waals surface area (Å²) in [5.41, 5.74) is 1.60. The molecule has 2 N–H and O–H groups in total. The van der Waals surface area contributed by atoms with Crippen LogP contribution in [0.1, 0.15) is 32.8 Å². The predicted molar refractivity (Wildman–Crippen MR) is 87.0 cm³/mol. The smallest absolute Gasteiger partial charge is 0.228 e. The van der Waals surface area contributed by atoms with E-state index in [2.05, 4.69) is 26.6 Å². The maximum Gasteiger partial charge on any atom is 0.228 e. The summed E-state index contributed by atoms with van der Waals surface area (Å²) in [7, 11) is 0. The molecule has 0 aliphatic heterocycles. The molecule has 0 aromatic heterocycles. The van der Waals surface area contributed by atoms with Gasteiger partial charge in [0, 0.05) is 15.7 Å². The minimum absolute atomic E-state index is 0.0345. The fraction of sp³-hybridized carbons (Fsp3) is 0.500. The number of benzene rings is 1. The Morgan fingerprint density at radius 2 is 1.81 bits per heavy atom. The van der Waals surface area contributed by atoms with Gasteiger partial charge in [-0.15, -0.1) is 0 Å². The number of rotatable bonds is 3. The van der Waals surface area contributed by atoms with Crippen LogP contribution in [0.25, 0.3) is 0 Å². The fourth-order valence-corrected chi connectivity index (χ4v) is 2.52. The summed E-state index contributed by atoms with van der Waals surface area (Å²) in [6.45, 7) is 7.80. The molecule has 2 atom stereocenters. The van der Waals surface area contributed by atoms with Gasteiger partial charge in [-0.1, -0.05) is 22.0 Å². The lowest BCUT2D eigenvalue weighted by atomic mass is 10.1. The Kier molecular flexibility index (Phi) is 4.42. The van der Waals surface area contributed by atoms with E-state index in [1.807, 2.05) is 45.9 Å². The van der Waals surface area contributed by atoms with Crippen molar-refractivity contribution in [2.45, 2.75) is 39.7 Å². The number of aryl methyl sites for hydroxylation is 1. The number of hydrogen-bond acceptors (Lipinski definition) is 2. The standard InChI is InChI=1S/C16H21BrN2O2/c1-9-5-6-10(7-13(9)17)18-14(20)11-8-12(11)15(21)19-16(2,3)4/h5-7,11-12H,8H2,1-4H3,(H,18,20)(H,19,21). The van der Waals surface area contributed by atoms with Crippen molar-refractivity contribution in [2.24, 2.45) is 11.8 Å². The molecule has 0 heterocycles. The van der Waals surface area contributed by atoms with Crippen LogP contribution in [0, 0.1) is 18.8 Å². The highest BCUT2D eigenvalue weighted by Gasteiger charge is 2.48. The minimum Gasteiger partial charge on any atom is -0.351 e. The van der Waals surface area contributed by atoms with E-state index in [1.54, 1.807) is 0 Å². The molecule has 114 valence electrons. The Morgan fingerprint density at radius 3 is 2.38 bits per heavy atom. The Balaban J connectivity index is 1.91. The van der Waals surface area contributed by atoms with Crippen molar-refractivity contribution < 1.29 is 9.59 Å². The van der Waals surface area contributed by atoms with E-state index in [0.29, 0.717) is 6.42 Å². The highest BCUT2D eigenvalue weighted by Crippen LogP contribution is 2.40. The molecule has 1 aliphatic rings. The van der Waals surface area contributed by atoms with Crippen LogP contribution < -0.4 is 10.6 Å². The lowest BCUT2D eigenvalue weighted by Crippen LogP contribution is -2.42. The molecule has 21 heavy (non-hydrogen) atoms. The molecule has 1 aliphatic carbocycles. The first-order valence-corrected chi connectivity index (χ1v) is 7.86. The number of carbonyl (C=O) groups is 2. The maximum atomic E-state index is 12.1. The van der Waals surface area contributed by atoms with Crippen molar-refractivity contribution in [1.29, 1.82) is 0 Å². The van der Waals surface area contributed by atoms with Crippen LogP contribution >= 0.6 is 15.9 Å². The number of amides is 2. The van der Waals surface area contributed by atoms with Crippen molar-refractivity contribution in [1.82, 2.24) is 5.32 Å². The largest absolute Gasteiger partial charge is 0.351 e. The molecule has 1 saturated carbocycles. The first kappa shape index (κ1) is 16.0. The number of nitrogens with one attached hydrogen (secondary N) is 2. The predicted octanol–water partition coefficient (Wildman–Crippen LogP) is 3.25. The van der Waals surface area contributed by atoms with E-state index >= 15 is 0 Å². The number of halogens is 1. The van der Waals surface area contributed by atoms with Crippen molar-refractivity contribution in [3.63, 3.8) is 0 Å². The molecule has 0 bridgehead atoms. The summed E-state index contributed by atoms with van der Waals surface area (Å²) in [5, 5.41) is 5.79. The second kappa shape index (κ2) is 5.79. The van der Waals surface area contributed by atoms with E-state index in [9.17, 15) is 9.59 Å². The average molecular weight is 353 g/mol. The molecule has 4 nitrogen and oxygen atoms in total. The maximum absolute atomic E-state index is 12.1. The van der Waals surface area contributed by atoms with Gasteiger partial charge < -0.3 is 10.6 Å². The second-order valence-corrected chi connectivity index (χ2v) is 7.50. The van der Waals surface area contributed by atoms with Gasteiger partial charge in [0.05, 0.1) is 11.8 Å². The Morgan fingerprint density at radius 1 is 1.19 bits per heavy atom. The molecule has 1 aromatic rings. The second-order valence-electron chi connectivity index (χ2n) is 6.64. The monoisotopic (exact) mass is 352 g/mol. The summed E-state index contributed by atoms with van der Waals surface area (Å²) < 4.78 is 0.957. The Hall–Kier alpha value is -1.36. The van der Waals surface area contributed by atoms with Gasteiger partial charge in [-0.2, -0.15) is 0 Å². The van der Waals surface area contributed by atoms with E-state index in [0.717, 1.165) is 15.7 Å². The van der Waals surface area contributed by atoms with Gasteiger partial charge in [0.2, 0.25) is 11.8 Å². The molecule has 0 saturated heterocycles. The van der Waals surface area contributed by atoms with E-state index in [-0.39, 0.29) is 29.2 Å². The van der Waals surface area contributed by atoms with Crippen LogP contribution in [0.3, 0.4) is 0 Å². The molecule has 2 amide bonds. The summed E-state index contributed by atoms with van der Waals surface area (Å²) in [6, 6.07) is 5.68. The zero-order chi connectivity index (χ0) is 15.8. The quantitative estimate of drug-likeness (QED) is 0.877. The average Bonchev–Trinajstić information content (AvgIpc) is 3.12. The van der Waals surface area contributed by atoms with Gasteiger partial charge in [0.25, 0.3) is 0 Å². The first-order chi connectivity index (χ1) is 9.67. The van der Waals surface area contributed by atoms with Crippen molar-refractivity contribution in [3.05, 3.63) is 28.2 Å². The van der Waals surface area contributed by atoms with Crippen LogP contribution in [0.15, 0.2) is 22.7 Å². The zero-order valence-electron chi connectivity index (χ0n) is 12.8. The molecule has 5 heteroatoms. The Labute approximate surface area is 133 Å². The molecule has 2 rings (SSSR count). The van der Waals surface area contributed by atoms with Crippen LogP contribution in [0.2, 0.25) is 0 Å². The molecular formula is C16H21BrN2O2. The minimum atomic E-state index is -0.261. The lowest BCUT2D eigenvalue weighted by Gasteiger charge is -2.20. The third-order valence-corrected chi connectivity index (χ3v) is 4.26. The molecule has 2 unspecified atom stereocenters. The van der Waals surface area contributed by atoms with Gasteiger partial charge >= 0.3 is 0 Å². The van der Waals surface area contributed by atoms with E-state index in [1.165, 1.54) is 0 Å².